The molecule has 0 fully saturated rings. The van der Waals surface area contributed by atoms with E-state index in [2.05, 4.69) is 27.8 Å². The zero-order valence-electron chi connectivity index (χ0n) is 9.97. The summed E-state index contributed by atoms with van der Waals surface area (Å²) < 4.78 is 8.40. The van der Waals surface area contributed by atoms with Crippen LogP contribution in [0, 0.1) is 0 Å². The number of nitrogens with zero attached hydrogens (tertiary/aromatic N) is 2. The number of hydrogen-bond donors (Lipinski definition) is 0. The lowest BCUT2D eigenvalue weighted by molar-refractivity contribution is 0.112. The largest absolute Gasteiger partial charge is 0.486 e. The van der Waals surface area contributed by atoms with Gasteiger partial charge in [-0.1, -0.05) is 15.9 Å². The Hall–Kier alpha value is -1.62. The summed E-state index contributed by atoms with van der Waals surface area (Å²) in [6, 6.07) is 5.32. The van der Waals surface area contributed by atoms with Crippen LogP contribution in [0.25, 0.3) is 0 Å². The van der Waals surface area contributed by atoms with Crippen LogP contribution in [0.5, 0.6) is 5.75 Å². The zero-order chi connectivity index (χ0) is 13.0. The Kier molecular flexibility index (Phi) is 4.15. The maximum absolute atomic E-state index is 10.8. The van der Waals surface area contributed by atoms with Gasteiger partial charge in [0.05, 0.1) is 0 Å². The van der Waals surface area contributed by atoms with Crippen molar-refractivity contribution >= 4 is 22.2 Å². The lowest BCUT2D eigenvalue weighted by Crippen LogP contribution is -2.05. The van der Waals surface area contributed by atoms with Gasteiger partial charge in [0.15, 0.2) is 6.29 Å². The van der Waals surface area contributed by atoms with Gasteiger partial charge < -0.3 is 9.30 Å². The molecule has 1 aromatic heterocycles. The third kappa shape index (κ3) is 2.79. The molecule has 0 bridgehead atoms. The summed E-state index contributed by atoms with van der Waals surface area (Å²) in [6.45, 7) is 3.30. The van der Waals surface area contributed by atoms with Crippen molar-refractivity contribution in [1.82, 2.24) is 9.55 Å². The van der Waals surface area contributed by atoms with Crippen molar-refractivity contribution in [3.05, 3.63) is 46.5 Å². The van der Waals surface area contributed by atoms with Gasteiger partial charge >= 0.3 is 0 Å². The third-order valence-corrected chi connectivity index (χ3v) is 3.33. The summed E-state index contributed by atoms with van der Waals surface area (Å²) in [5, 5.41) is 0. The zero-order valence-corrected chi connectivity index (χ0v) is 11.6. The van der Waals surface area contributed by atoms with Gasteiger partial charge in [0.2, 0.25) is 0 Å². The van der Waals surface area contributed by atoms with Crippen LogP contribution in [0.1, 0.15) is 23.1 Å². The van der Waals surface area contributed by atoms with Crippen LogP contribution in [0.2, 0.25) is 0 Å². The van der Waals surface area contributed by atoms with E-state index in [1.807, 2.05) is 16.8 Å². The molecule has 18 heavy (non-hydrogen) atoms. The lowest BCUT2D eigenvalue weighted by atomic mass is 10.2. The maximum Gasteiger partial charge on any atom is 0.151 e. The normalized spacial score (nSPS) is 10.3. The molecule has 0 aliphatic carbocycles. The Morgan fingerprint density at radius 3 is 3.06 bits per heavy atom. The first-order chi connectivity index (χ1) is 8.74. The fourth-order valence-corrected chi connectivity index (χ4v) is 1.96. The first kappa shape index (κ1) is 12.8. The van der Waals surface area contributed by atoms with E-state index in [4.69, 9.17) is 4.74 Å². The van der Waals surface area contributed by atoms with Gasteiger partial charge in [0.25, 0.3) is 0 Å². The van der Waals surface area contributed by atoms with Gasteiger partial charge in [-0.15, -0.1) is 0 Å². The molecule has 0 saturated carbocycles. The van der Waals surface area contributed by atoms with Crippen LogP contribution in [0.3, 0.4) is 0 Å². The average Bonchev–Trinajstić information content (AvgIpc) is 2.85. The molecule has 0 N–H and O–H groups in total. The number of imidazole rings is 1. The van der Waals surface area contributed by atoms with E-state index in [0.29, 0.717) is 17.9 Å². The summed E-state index contributed by atoms with van der Waals surface area (Å²) in [5.41, 5.74) is 0.575. The Morgan fingerprint density at radius 2 is 2.33 bits per heavy atom. The first-order valence-electron chi connectivity index (χ1n) is 5.62. The molecular weight excluding hydrogens is 296 g/mol. The number of aromatic nitrogens is 2. The predicted octanol–water partition coefficient (Wildman–Crippen LogP) is 3.06. The van der Waals surface area contributed by atoms with Gasteiger partial charge in [-0.2, -0.15) is 0 Å². The second kappa shape index (κ2) is 5.82. The van der Waals surface area contributed by atoms with Crippen molar-refractivity contribution in [3.8, 4) is 5.75 Å². The Labute approximate surface area is 114 Å². The fourth-order valence-electron chi connectivity index (χ4n) is 1.62. The van der Waals surface area contributed by atoms with Crippen LogP contribution >= 0.6 is 15.9 Å². The van der Waals surface area contributed by atoms with E-state index < -0.39 is 0 Å². The van der Waals surface area contributed by atoms with Crippen LogP contribution < -0.4 is 4.74 Å². The minimum Gasteiger partial charge on any atom is -0.486 e. The highest BCUT2D eigenvalue weighted by molar-refractivity contribution is 9.10. The summed E-state index contributed by atoms with van der Waals surface area (Å²) >= 11 is 3.30. The van der Waals surface area contributed by atoms with Crippen LogP contribution in [-0.2, 0) is 13.2 Å². The number of halogens is 1. The fraction of sp³-hybridized carbons (Fsp3) is 0.231. The minimum absolute atomic E-state index is 0.390. The van der Waals surface area contributed by atoms with Crippen molar-refractivity contribution in [1.29, 1.82) is 0 Å². The number of benzene rings is 1. The molecule has 0 unspecified atom stereocenters. The quantitative estimate of drug-likeness (QED) is 0.797. The first-order valence-corrected chi connectivity index (χ1v) is 6.41. The molecule has 94 valence electrons. The van der Waals surface area contributed by atoms with Gasteiger partial charge in [0.1, 0.15) is 18.2 Å². The third-order valence-electron chi connectivity index (χ3n) is 2.60. The minimum atomic E-state index is 0.390. The molecule has 0 atom stereocenters. The van der Waals surface area contributed by atoms with E-state index in [1.54, 1.807) is 18.3 Å². The number of aryl methyl sites for hydroxylation is 1. The van der Waals surface area contributed by atoms with Gasteiger partial charge in [-0.25, -0.2) is 4.98 Å². The predicted molar refractivity (Wildman–Crippen MR) is 71.8 cm³/mol. The molecule has 1 aromatic carbocycles. The van der Waals surface area contributed by atoms with E-state index >= 15 is 0 Å². The highest BCUT2D eigenvalue weighted by Crippen LogP contribution is 2.21. The van der Waals surface area contributed by atoms with E-state index in [9.17, 15) is 4.79 Å². The van der Waals surface area contributed by atoms with Gasteiger partial charge in [0, 0.05) is 29.0 Å². The van der Waals surface area contributed by atoms with E-state index in [0.717, 1.165) is 23.1 Å². The molecule has 0 aliphatic heterocycles. The molecule has 0 spiro atoms. The summed E-state index contributed by atoms with van der Waals surface area (Å²) in [4.78, 5) is 15.0. The van der Waals surface area contributed by atoms with Gasteiger partial charge in [-0.3, -0.25) is 4.79 Å². The van der Waals surface area contributed by atoms with Crippen LogP contribution in [-0.4, -0.2) is 15.8 Å². The summed E-state index contributed by atoms with van der Waals surface area (Å²) in [6.07, 6.45) is 4.46. The average molecular weight is 309 g/mol. The molecule has 2 aromatic rings. The molecule has 1 heterocycles. The number of aldehydes is 1. The van der Waals surface area contributed by atoms with Crippen molar-refractivity contribution in [2.24, 2.45) is 0 Å². The number of ether oxygens (including phenoxy) is 1. The SMILES string of the molecule is CCn1ccnc1COc1ccc(Br)c(C=O)c1. The van der Waals surface area contributed by atoms with Crippen molar-refractivity contribution in [2.45, 2.75) is 20.1 Å². The number of carbonyl (C=O) groups excluding carboxylic acids is 1. The van der Waals surface area contributed by atoms with Crippen LogP contribution in [0.4, 0.5) is 0 Å². The smallest absolute Gasteiger partial charge is 0.151 e. The number of hydrogen-bond acceptors (Lipinski definition) is 3. The van der Waals surface area contributed by atoms with Crippen molar-refractivity contribution in [3.63, 3.8) is 0 Å². The molecule has 2 rings (SSSR count). The standard InChI is InChI=1S/C13H13BrN2O2/c1-2-16-6-5-15-13(16)9-18-11-3-4-12(14)10(7-11)8-17/h3-8H,2,9H2,1H3. The summed E-state index contributed by atoms with van der Waals surface area (Å²) in [5.74, 6) is 1.53. The molecular formula is C13H13BrN2O2. The van der Waals surface area contributed by atoms with Crippen molar-refractivity contribution in [2.75, 3.05) is 0 Å². The summed E-state index contributed by atoms with van der Waals surface area (Å²) in [7, 11) is 0. The maximum atomic E-state index is 10.8. The Balaban J connectivity index is 2.08. The highest BCUT2D eigenvalue weighted by atomic mass is 79.9. The molecule has 0 aliphatic rings. The van der Waals surface area contributed by atoms with E-state index in [-0.39, 0.29) is 0 Å². The topological polar surface area (TPSA) is 44.1 Å². The highest BCUT2D eigenvalue weighted by Gasteiger charge is 2.04. The second-order valence-electron chi connectivity index (χ2n) is 3.72. The molecule has 0 radical (unpaired) electrons. The lowest BCUT2D eigenvalue weighted by Gasteiger charge is -2.08. The van der Waals surface area contributed by atoms with Crippen molar-refractivity contribution < 1.29 is 9.53 Å². The van der Waals surface area contributed by atoms with Gasteiger partial charge in [-0.05, 0) is 25.1 Å². The number of carbonyl (C=O) groups is 1. The Morgan fingerprint density at radius 1 is 1.50 bits per heavy atom. The molecule has 0 saturated heterocycles. The Bertz CT molecular complexity index is 552. The molecule has 4 nitrogen and oxygen atoms in total. The monoisotopic (exact) mass is 308 g/mol. The van der Waals surface area contributed by atoms with E-state index in [1.165, 1.54) is 0 Å². The van der Waals surface area contributed by atoms with Crippen LogP contribution in [0.15, 0.2) is 35.1 Å². The second-order valence-corrected chi connectivity index (χ2v) is 4.57. The molecule has 0 amide bonds. The number of rotatable bonds is 5. The molecule has 5 heteroatoms.